The quantitative estimate of drug-likeness (QED) is 0.757. The van der Waals surface area contributed by atoms with E-state index in [0.717, 1.165) is 12.8 Å². The number of nitrogens with two attached hydrogens (primary N) is 1. The lowest BCUT2D eigenvalue weighted by Crippen LogP contribution is -2.59. The van der Waals surface area contributed by atoms with Crippen molar-refractivity contribution in [1.29, 1.82) is 0 Å². The minimum Gasteiger partial charge on any atom is -0.326 e. The number of rotatable bonds is 5. The van der Waals surface area contributed by atoms with E-state index < -0.39 is 0 Å². The molecule has 1 heterocycles. The maximum Gasteiger partial charge on any atom is 0.0363 e. The summed E-state index contributed by atoms with van der Waals surface area (Å²) in [5.74, 6) is 0. The fourth-order valence-corrected chi connectivity index (χ4v) is 3.89. The van der Waals surface area contributed by atoms with Crippen LogP contribution in [0.1, 0.15) is 64.7 Å². The van der Waals surface area contributed by atoms with E-state index >= 15 is 0 Å². The molecule has 0 bridgehead atoms. The van der Waals surface area contributed by atoms with Gasteiger partial charge >= 0.3 is 0 Å². The van der Waals surface area contributed by atoms with Crippen LogP contribution in [0.3, 0.4) is 0 Å². The van der Waals surface area contributed by atoms with E-state index in [4.69, 9.17) is 5.73 Å². The van der Waals surface area contributed by atoms with Crippen molar-refractivity contribution in [3.05, 3.63) is 12.2 Å². The van der Waals surface area contributed by atoms with Gasteiger partial charge in [-0.05, 0) is 51.6 Å². The first kappa shape index (κ1) is 14.1. The molecule has 0 aromatic rings. The average Bonchev–Trinajstić information content (AvgIpc) is 2.90. The molecule has 0 radical (unpaired) electrons. The van der Waals surface area contributed by atoms with Crippen molar-refractivity contribution < 1.29 is 0 Å². The number of hydrogen-bond acceptors (Lipinski definition) is 2. The zero-order valence-corrected chi connectivity index (χ0v) is 12.1. The molecule has 0 aromatic heterocycles. The predicted octanol–water partition coefficient (Wildman–Crippen LogP) is 3.47. The van der Waals surface area contributed by atoms with Gasteiger partial charge in [-0.15, -0.1) is 0 Å². The Labute approximate surface area is 113 Å². The third-order valence-corrected chi connectivity index (χ3v) is 5.15. The topological polar surface area (TPSA) is 29.3 Å². The van der Waals surface area contributed by atoms with Crippen molar-refractivity contribution in [2.24, 2.45) is 5.73 Å². The van der Waals surface area contributed by atoms with Gasteiger partial charge < -0.3 is 5.73 Å². The Morgan fingerprint density at radius 3 is 2.33 bits per heavy atom. The fraction of sp³-hybridized carbons (Fsp3) is 0.875. The SMILES string of the molecule is C=C(CC)CC(N)C1(N2CCCCC2)CCCC1. The van der Waals surface area contributed by atoms with Gasteiger partial charge in [-0.2, -0.15) is 0 Å². The molecule has 104 valence electrons. The molecule has 2 aliphatic rings. The molecule has 1 aliphatic carbocycles. The summed E-state index contributed by atoms with van der Waals surface area (Å²) in [4.78, 5) is 2.73. The molecule has 0 spiro atoms. The van der Waals surface area contributed by atoms with E-state index in [9.17, 15) is 0 Å². The molecule has 1 saturated carbocycles. The summed E-state index contributed by atoms with van der Waals surface area (Å²) in [6.45, 7) is 8.89. The van der Waals surface area contributed by atoms with Gasteiger partial charge in [0.1, 0.15) is 0 Å². The monoisotopic (exact) mass is 250 g/mol. The predicted molar refractivity (Wildman–Crippen MR) is 78.6 cm³/mol. The lowest BCUT2D eigenvalue weighted by Gasteiger charge is -2.47. The second-order valence-electron chi connectivity index (χ2n) is 6.27. The molecule has 2 rings (SSSR count). The molecule has 2 nitrogen and oxygen atoms in total. The molecule has 2 fully saturated rings. The van der Waals surface area contributed by atoms with E-state index in [2.05, 4.69) is 18.4 Å². The maximum absolute atomic E-state index is 6.62. The highest BCUT2D eigenvalue weighted by molar-refractivity contribution is 5.08. The Bertz CT molecular complexity index is 273. The van der Waals surface area contributed by atoms with Gasteiger partial charge in [0.05, 0.1) is 0 Å². The zero-order valence-electron chi connectivity index (χ0n) is 12.1. The van der Waals surface area contributed by atoms with E-state index in [0.29, 0.717) is 11.6 Å². The summed E-state index contributed by atoms with van der Waals surface area (Å²) in [6, 6.07) is 0.297. The highest BCUT2D eigenvalue weighted by Gasteiger charge is 2.44. The van der Waals surface area contributed by atoms with E-state index in [1.807, 2.05) is 0 Å². The fourth-order valence-electron chi connectivity index (χ4n) is 3.89. The highest BCUT2D eigenvalue weighted by atomic mass is 15.2. The first-order chi connectivity index (χ1) is 8.69. The van der Waals surface area contributed by atoms with Crippen LogP contribution < -0.4 is 5.73 Å². The molecule has 0 aromatic carbocycles. The Balaban J connectivity index is 2.07. The van der Waals surface area contributed by atoms with Crippen LogP contribution in [0, 0.1) is 0 Å². The van der Waals surface area contributed by atoms with E-state index in [1.54, 1.807) is 0 Å². The van der Waals surface area contributed by atoms with Crippen molar-refractivity contribution in [3.63, 3.8) is 0 Å². The Hall–Kier alpha value is -0.340. The minimum absolute atomic E-state index is 0.297. The standard InChI is InChI=1S/C16H30N2/c1-3-14(2)13-15(17)16(9-5-6-10-16)18-11-7-4-8-12-18/h15H,2-13,17H2,1H3. The molecule has 1 unspecified atom stereocenters. The molecule has 2 N–H and O–H groups in total. The van der Waals surface area contributed by atoms with Crippen molar-refractivity contribution in [2.75, 3.05) is 13.1 Å². The first-order valence-electron chi connectivity index (χ1n) is 7.86. The highest BCUT2D eigenvalue weighted by Crippen LogP contribution is 2.40. The van der Waals surface area contributed by atoms with Crippen LogP contribution in [0.5, 0.6) is 0 Å². The van der Waals surface area contributed by atoms with Crippen LogP contribution in [0.4, 0.5) is 0 Å². The lowest BCUT2D eigenvalue weighted by molar-refractivity contribution is 0.0481. The number of piperidine rings is 1. The number of hydrogen-bond donors (Lipinski definition) is 1. The number of likely N-dealkylation sites (tertiary alicyclic amines) is 1. The van der Waals surface area contributed by atoms with Gasteiger partial charge in [-0.3, -0.25) is 4.90 Å². The molecule has 1 saturated heterocycles. The largest absolute Gasteiger partial charge is 0.326 e. The van der Waals surface area contributed by atoms with Gasteiger partial charge in [0.15, 0.2) is 0 Å². The molecule has 1 atom stereocenters. The molecular formula is C16H30N2. The van der Waals surface area contributed by atoms with Crippen molar-refractivity contribution in [1.82, 2.24) is 4.90 Å². The van der Waals surface area contributed by atoms with E-state index in [1.165, 1.54) is 63.6 Å². The summed E-state index contributed by atoms with van der Waals surface area (Å²) in [5, 5.41) is 0. The van der Waals surface area contributed by atoms with Crippen LogP contribution in [-0.4, -0.2) is 29.6 Å². The van der Waals surface area contributed by atoms with Crippen molar-refractivity contribution in [2.45, 2.75) is 76.3 Å². The maximum atomic E-state index is 6.62. The van der Waals surface area contributed by atoms with Crippen LogP contribution in [-0.2, 0) is 0 Å². The first-order valence-corrected chi connectivity index (χ1v) is 7.86. The summed E-state index contributed by atoms with van der Waals surface area (Å²) >= 11 is 0. The molecule has 18 heavy (non-hydrogen) atoms. The zero-order chi connectivity index (χ0) is 13.0. The van der Waals surface area contributed by atoms with Gasteiger partial charge in [0, 0.05) is 11.6 Å². The summed E-state index contributed by atoms with van der Waals surface area (Å²) in [7, 11) is 0. The van der Waals surface area contributed by atoms with Crippen LogP contribution in [0.2, 0.25) is 0 Å². The van der Waals surface area contributed by atoms with Gasteiger partial charge in [-0.25, -0.2) is 0 Å². The second kappa shape index (κ2) is 6.21. The minimum atomic E-state index is 0.297. The van der Waals surface area contributed by atoms with E-state index in [-0.39, 0.29) is 0 Å². The van der Waals surface area contributed by atoms with Crippen LogP contribution >= 0.6 is 0 Å². The third-order valence-electron chi connectivity index (χ3n) is 5.15. The summed E-state index contributed by atoms with van der Waals surface area (Å²) < 4.78 is 0. The summed E-state index contributed by atoms with van der Waals surface area (Å²) in [6.07, 6.45) is 11.6. The van der Waals surface area contributed by atoms with Crippen molar-refractivity contribution in [3.8, 4) is 0 Å². The normalized spacial score (nSPS) is 26.1. The van der Waals surface area contributed by atoms with Crippen molar-refractivity contribution >= 4 is 0 Å². The van der Waals surface area contributed by atoms with Crippen LogP contribution in [0.25, 0.3) is 0 Å². The van der Waals surface area contributed by atoms with Gasteiger partial charge in [0.2, 0.25) is 0 Å². The third kappa shape index (κ3) is 2.80. The number of nitrogens with zero attached hydrogens (tertiary/aromatic N) is 1. The second-order valence-corrected chi connectivity index (χ2v) is 6.27. The van der Waals surface area contributed by atoms with Crippen LogP contribution in [0.15, 0.2) is 12.2 Å². The Morgan fingerprint density at radius 1 is 1.17 bits per heavy atom. The average molecular weight is 250 g/mol. The molecular weight excluding hydrogens is 220 g/mol. The van der Waals surface area contributed by atoms with Gasteiger partial charge in [0.25, 0.3) is 0 Å². The molecule has 0 amide bonds. The smallest absolute Gasteiger partial charge is 0.0363 e. The molecule has 1 aliphatic heterocycles. The Kier molecular flexibility index (Phi) is 4.85. The van der Waals surface area contributed by atoms with Gasteiger partial charge in [-0.1, -0.05) is 38.3 Å². The molecule has 2 heteroatoms. The summed E-state index contributed by atoms with van der Waals surface area (Å²) in [5.41, 5.74) is 8.25. The lowest BCUT2D eigenvalue weighted by atomic mass is 9.81. The Morgan fingerprint density at radius 2 is 1.78 bits per heavy atom.